The molecule has 1 rings (SSSR count). The van der Waals surface area contributed by atoms with Crippen LogP contribution in [0, 0.1) is 11.3 Å². The Labute approximate surface area is 105 Å². The summed E-state index contributed by atoms with van der Waals surface area (Å²) in [6.45, 7) is 1.72. The molecule has 1 N–H and O–H groups in total. The van der Waals surface area contributed by atoms with Crippen LogP contribution >= 0.6 is 31.9 Å². The first kappa shape index (κ1) is 12.2. The van der Waals surface area contributed by atoms with E-state index in [4.69, 9.17) is 5.26 Å². The number of carbonyl (C=O) groups excluding carboxylic acids is 1. The number of nitrogens with one attached hydrogen (secondary N) is 1. The van der Waals surface area contributed by atoms with Crippen molar-refractivity contribution in [2.24, 2.45) is 0 Å². The Morgan fingerprint density at radius 2 is 2.27 bits per heavy atom. The number of halogens is 2. The highest BCUT2D eigenvalue weighted by molar-refractivity contribution is 9.10. The number of anilines is 1. The first-order valence-electron chi connectivity index (χ1n) is 4.19. The summed E-state index contributed by atoms with van der Waals surface area (Å²) in [6.07, 6.45) is 0. The molecule has 0 bridgehead atoms. The number of hydrogen-bond donors (Lipinski definition) is 1. The van der Waals surface area contributed by atoms with E-state index in [9.17, 15) is 4.79 Å². The van der Waals surface area contributed by atoms with Crippen LogP contribution in [0.3, 0.4) is 0 Å². The Morgan fingerprint density at radius 3 is 2.80 bits per heavy atom. The van der Waals surface area contributed by atoms with E-state index in [1.807, 2.05) is 6.07 Å². The first-order valence-corrected chi connectivity index (χ1v) is 5.90. The molecule has 1 aromatic rings. The van der Waals surface area contributed by atoms with Gasteiger partial charge in [-0.2, -0.15) is 5.26 Å². The van der Waals surface area contributed by atoms with E-state index < -0.39 is 0 Å². The second kappa shape index (κ2) is 5.29. The third-order valence-corrected chi connectivity index (χ3v) is 2.63. The van der Waals surface area contributed by atoms with Gasteiger partial charge in [0.25, 0.3) is 0 Å². The number of alkyl halides is 1. The predicted molar refractivity (Wildman–Crippen MR) is 65.9 cm³/mol. The molecule has 78 valence electrons. The van der Waals surface area contributed by atoms with E-state index >= 15 is 0 Å². The van der Waals surface area contributed by atoms with Crippen molar-refractivity contribution in [2.75, 3.05) is 5.32 Å². The predicted octanol–water partition coefficient (Wildman–Crippen LogP) is 3.04. The van der Waals surface area contributed by atoms with Crippen molar-refractivity contribution >= 4 is 43.5 Å². The van der Waals surface area contributed by atoms with Gasteiger partial charge in [-0.1, -0.05) is 31.9 Å². The van der Waals surface area contributed by atoms with Gasteiger partial charge >= 0.3 is 0 Å². The molecule has 0 aliphatic carbocycles. The van der Waals surface area contributed by atoms with Crippen LogP contribution in [0.25, 0.3) is 0 Å². The van der Waals surface area contributed by atoms with Gasteiger partial charge in [0.15, 0.2) is 0 Å². The van der Waals surface area contributed by atoms with E-state index in [1.165, 1.54) is 0 Å². The molecule has 1 aromatic carbocycles. The Bertz CT molecular complexity index is 424. The number of amides is 1. The van der Waals surface area contributed by atoms with Crippen molar-refractivity contribution < 1.29 is 4.79 Å². The van der Waals surface area contributed by atoms with E-state index in [-0.39, 0.29) is 10.7 Å². The molecule has 1 unspecified atom stereocenters. The van der Waals surface area contributed by atoms with Crippen LogP contribution in [0.1, 0.15) is 12.5 Å². The van der Waals surface area contributed by atoms with E-state index in [1.54, 1.807) is 25.1 Å². The highest BCUT2D eigenvalue weighted by atomic mass is 79.9. The monoisotopic (exact) mass is 330 g/mol. The first-order chi connectivity index (χ1) is 7.04. The van der Waals surface area contributed by atoms with E-state index in [0.29, 0.717) is 11.3 Å². The summed E-state index contributed by atoms with van der Waals surface area (Å²) in [5.41, 5.74) is 0.961. The van der Waals surface area contributed by atoms with Crippen molar-refractivity contribution in [2.45, 2.75) is 11.8 Å². The Balaban J connectivity index is 2.98. The summed E-state index contributed by atoms with van der Waals surface area (Å²) in [7, 11) is 0. The van der Waals surface area contributed by atoms with Crippen molar-refractivity contribution in [3.8, 4) is 6.07 Å². The van der Waals surface area contributed by atoms with Crippen LogP contribution < -0.4 is 5.32 Å². The molecular weight excluding hydrogens is 324 g/mol. The van der Waals surface area contributed by atoms with Gasteiger partial charge in [-0.05, 0) is 25.1 Å². The van der Waals surface area contributed by atoms with Gasteiger partial charge in [0.1, 0.15) is 6.07 Å². The summed E-state index contributed by atoms with van der Waals surface area (Å²) in [5, 5.41) is 11.5. The van der Waals surface area contributed by atoms with Crippen LogP contribution in [-0.4, -0.2) is 10.7 Å². The number of carbonyl (C=O) groups is 1. The Kier molecular flexibility index (Phi) is 4.30. The van der Waals surface area contributed by atoms with Crippen molar-refractivity contribution in [1.82, 2.24) is 0 Å². The third-order valence-electron chi connectivity index (χ3n) is 1.72. The molecule has 0 aromatic heterocycles. The lowest BCUT2D eigenvalue weighted by Crippen LogP contribution is -2.20. The van der Waals surface area contributed by atoms with E-state index in [0.717, 1.165) is 4.47 Å². The molecule has 0 aliphatic heterocycles. The maximum atomic E-state index is 11.4. The zero-order chi connectivity index (χ0) is 11.4. The minimum atomic E-state index is -0.289. The Morgan fingerprint density at radius 1 is 1.60 bits per heavy atom. The molecule has 0 spiro atoms. The largest absolute Gasteiger partial charge is 0.324 e. The quantitative estimate of drug-likeness (QED) is 0.847. The molecule has 0 fully saturated rings. The summed E-state index contributed by atoms with van der Waals surface area (Å²) in [5.74, 6) is -0.176. The second-order valence-electron chi connectivity index (χ2n) is 2.91. The molecule has 0 heterocycles. The zero-order valence-electron chi connectivity index (χ0n) is 7.92. The summed E-state index contributed by atoms with van der Waals surface area (Å²) < 4.78 is 0.819. The number of hydrogen-bond acceptors (Lipinski definition) is 2. The summed E-state index contributed by atoms with van der Waals surface area (Å²) in [6, 6.07) is 7.12. The van der Waals surface area contributed by atoms with Gasteiger partial charge in [0.05, 0.1) is 16.1 Å². The van der Waals surface area contributed by atoms with Gasteiger partial charge in [-0.25, -0.2) is 0 Å². The lowest BCUT2D eigenvalue weighted by Gasteiger charge is -2.08. The smallest absolute Gasteiger partial charge is 0.237 e. The number of nitriles is 1. The average Bonchev–Trinajstić information content (AvgIpc) is 2.18. The van der Waals surface area contributed by atoms with Crippen LogP contribution in [0.2, 0.25) is 0 Å². The number of benzene rings is 1. The fraction of sp³-hybridized carbons (Fsp3) is 0.200. The fourth-order valence-electron chi connectivity index (χ4n) is 0.950. The average molecular weight is 332 g/mol. The highest BCUT2D eigenvalue weighted by Gasteiger charge is 2.11. The maximum Gasteiger partial charge on any atom is 0.237 e. The lowest BCUT2D eigenvalue weighted by atomic mass is 10.2. The topological polar surface area (TPSA) is 52.9 Å². The molecule has 5 heteroatoms. The van der Waals surface area contributed by atoms with Crippen LogP contribution in [0.5, 0.6) is 0 Å². The third kappa shape index (κ3) is 3.33. The molecule has 0 aliphatic rings. The van der Waals surface area contributed by atoms with Crippen LogP contribution in [-0.2, 0) is 4.79 Å². The molecular formula is C10H8Br2N2O. The highest BCUT2D eigenvalue weighted by Crippen LogP contribution is 2.21. The van der Waals surface area contributed by atoms with Crippen LogP contribution in [0.15, 0.2) is 22.7 Å². The standard InChI is InChI=1S/C10H8Br2N2O/c1-6(11)10(15)14-9-4-8(12)3-2-7(9)5-13/h2-4,6H,1H3,(H,14,15). The van der Waals surface area contributed by atoms with Crippen molar-refractivity contribution in [3.05, 3.63) is 28.2 Å². The molecule has 1 atom stereocenters. The summed E-state index contributed by atoms with van der Waals surface area (Å²) >= 11 is 6.44. The molecule has 0 saturated carbocycles. The lowest BCUT2D eigenvalue weighted by molar-refractivity contribution is -0.115. The van der Waals surface area contributed by atoms with Gasteiger partial charge in [-0.15, -0.1) is 0 Å². The molecule has 1 amide bonds. The van der Waals surface area contributed by atoms with Gasteiger partial charge < -0.3 is 5.32 Å². The SMILES string of the molecule is CC(Br)C(=O)Nc1cc(Br)ccc1C#N. The normalized spacial score (nSPS) is 11.6. The molecule has 0 radical (unpaired) electrons. The van der Waals surface area contributed by atoms with Crippen LogP contribution in [0.4, 0.5) is 5.69 Å². The fourth-order valence-corrected chi connectivity index (χ4v) is 1.43. The maximum absolute atomic E-state index is 11.4. The second-order valence-corrected chi connectivity index (χ2v) is 5.20. The van der Waals surface area contributed by atoms with E-state index in [2.05, 4.69) is 37.2 Å². The minimum Gasteiger partial charge on any atom is -0.324 e. The molecule has 0 saturated heterocycles. The minimum absolute atomic E-state index is 0.176. The Hall–Kier alpha value is -0.860. The zero-order valence-corrected chi connectivity index (χ0v) is 11.1. The van der Waals surface area contributed by atoms with Crippen molar-refractivity contribution in [1.29, 1.82) is 5.26 Å². The summed E-state index contributed by atoms with van der Waals surface area (Å²) in [4.78, 5) is 11.1. The van der Waals surface area contributed by atoms with Gasteiger partial charge in [0, 0.05) is 4.47 Å². The molecule has 15 heavy (non-hydrogen) atoms. The number of nitrogens with zero attached hydrogens (tertiary/aromatic N) is 1. The van der Waals surface area contributed by atoms with Gasteiger partial charge in [-0.3, -0.25) is 4.79 Å². The number of rotatable bonds is 2. The van der Waals surface area contributed by atoms with Crippen molar-refractivity contribution in [3.63, 3.8) is 0 Å². The van der Waals surface area contributed by atoms with Gasteiger partial charge in [0.2, 0.25) is 5.91 Å². The molecule has 3 nitrogen and oxygen atoms in total.